The molecule has 3 aromatic heterocycles. The normalized spacial score (nSPS) is 11.6. The highest BCUT2D eigenvalue weighted by molar-refractivity contribution is 7.22. The quantitative estimate of drug-likeness (QED) is 0.310. The monoisotopic (exact) mass is 533 g/mol. The first-order valence-corrected chi connectivity index (χ1v) is 12.9. The van der Waals surface area contributed by atoms with Crippen molar-refractivity contribution in [2.45, 2.75) is 20.4 Å². The van der Waals surface area contributed by atoms with E-state index in [1.807, 2.05) is 61.8 Å². The largest absolute Gasteiger partial charge is 0.495 e. The lowest BCUT2D eigenvalue weighted by Gasteiger charge is -2.14. The molecule has 0 saturated heterocycles. The molecule has 196 valence electrons. The second-order valence-electron chi connectivity index (χ2n) is 9.40. The minimum absolute atomic E-state index is 0.329. The van der Waals surface area contributed by atoms with Gasteiger partial charge >= 0.3 is 5.69 Å². The Hall–Kier alpha value is -4.02. The van der Waals surface area contributed by atoms with Gasteiger partial charge in [0.1, 0.15) is 16.4 Å². The average molecular weight is 534 g/mol. The SMILES string of the molecule is COc1cc(-c2sc3c(c2C)c(=O)n(-c2ccc(F)cc2)c(=O)n3CCN(C)C)ccc1-n1cnc(C)c1. The maximum absolute atomic E-state index is 13.8. The third-order valence-corrected chi connectivity index (χ3v) is 7.86. The van der Waals surface area contributed by atoms with E-state index >= 15 is 0 Å². The second-order valence-corrected chi connectivity index (χ2v) is 10.4. The van der Waals surface area contributed by atoms with Gasteiger partial charge in [-0.2, -0.15) is 0 Å². The van der Waals surface area contributed by atoms with Crippen LogP contribution in [0.4, 0.5) is 4.39 Å². The summed E-state index contributed by atoms with van der Waals surface area (Å²) in [6.45, 7) is 4.82. The van der Waals surface area contributed by atoms with Crippen molar-refractivity contribution in [1.29, 1.82) is 0 Å². The van der Waals surface area contributed by atoms with Crippen molar-refractivity contribution in [3.8, 4) is 27.6 Å². The predicted octanol–water partition coefficient (Wildman–Crippen LogP) is 4.39. The van der Waals surface area contributed by atoms with Crippen LogP contribution in [0.3, 0.4) is 0 Å². The number of hydrogen-bond acceptors (Lipinski definition) is 6. The van der Waals surface area contributed by atoms with Crippen LogP contribution in [-0.2, 0) is 6.54 Å². The van der Waals surface area contributed by atoms with E-state index in [1.165, 1.54) is 35.6 Å². The fourth-order valence-corrected chi connectivity index (χ4v) is 5.84. The molecule has 38 heavy (non-hydrogen) atoms. The summed E-state index contributed by atoms with van der Waals surface area (Å²) in [7, 11) is 5.47. The molecule has 0 bridgehead atoms. The van der Waals surface area contributed by atoms with Gasteiger partial charge in [-0.3, -0.25) is 9.36 Å². The number of nitrogens with zero attached hydrogens (tertiary/aromatic N) is 5. The van der Waals surface area contributed by atoms with Gasteiger partial charge in [-0.05, 0) is 75.5 Å². The number of rotatable bonds is 7. The number of hydrogen-bond donors (Lipinski definition) is 0. The van der Waals surface area contributed by atoms with E-state index in [0.717, 1.165) is 32.0 Å². The zero-order chi connectivity index (χ0) is 27.1. The van der Waals surface area contributed by atoms with Crippen molar-refractivity contribution in [2.75, 3.05) is 27.7 Å². The first-order valence-electron chi connectivity index (χ1n) is 12.1. The molecule has 0 N–H and O–H groups in total. The number of imidazole rings is 1. The molecule has 0 spiro atoms. The molecule has 0 saturated carbocycles. The van der Waals surface area contributed by atoms with Gasteiger partial charge in [0, 0.05) is 24.2 Å². The van der Waals surface area contributed by atoms with Gasteiger partial charge in [0.05, 0.1) is 35.9 Å². The van der Waals surface area contributed by atoms with Crippen molar-refractivity contribution >= 4 is 21.6 Å². The Morgan fingerprint density at radius 2 is 1.82 bits per heavy atom. The maximum atomic E-state index is 13.8. The fraction of sp³-hybridized carbons (Fsp3) is 0.250. The van der Waals surface area contributed by atoms with E-state index in [0.29, 0.717) is 34.7 Å². The summed E-state index contributed by atoms with van der Waals surface area (Å²) >= 11 is 1.41. The van der Waals surface area contributed by atoms with Crippen molar-refractivity contribution in [3.05, 3.63) is 92.9 Å². The molecule has 0 atom stereocenters. The number of thiophene rings is 1. The zero-order valence-electron chi connectivity index (χ0n) is 21.9. The molecule has 0 radical (unpaired) electrons. The maximum Gasteiger partial charge on any atom is 0.336 e. The van der Waals surface area contributed by atoms with E-state index in [-0.39, 0.29) is 0 Å². The lowest BCUT2D eigenvalue weighted by molar-refractivity contribution is 0.382. The van der Waals surface area contributed by atoms with Crippen molar-refractivity contribution < 1.29 is 9.13 Å². The molecular weight excluding hydrogens is 505 g/mol. The number of benzene rings is 2. The molecule has 5 rings (SSSR count). The molecule has 0 aliphatic carbocycles. The first-order chi connectivity index (χ1) is 18.2. The van der Waals surface area contributed by atoms with Crippen LogP contribution in [0.1, 0.15) is 11.3 Å². The smallest absolute Gasteiger partial charge is 0.336 e. The summed E-state index contributed by atoms with van der Waals surface area (Å²) in [5.41, 5.74) is 2.85. The standard InChI is InChI=1S/C28H28FN5O3S/c1-17-15-32(16-30-17)22-11-6-19(14-23(22)37-5)25-18(2)24-26(35)34(21-9-7-20(29)8-10-21)28(36)33(27(24)38-25)13-12-31(3)4/h6-11,14-16H,12-13H2,1-5H3. The van der Waals surface area contributed by atoms with E-state index in [2.05, 4.69) is 4.98 Å². The van der Waals surface area contributed by atoms with Crippen LogP contribution in [0.25, 0.3) is 32.0 Å². The Bertz CT molecular complexity index is 1760. The summed E-state index contributed by atoms with van der Waals surface area (Å²) < 4.78 is 24.0. The van der Waals surface area contributed by atoms with Gasteiger partial charge in [0.15, 0.2) is 0 Å². The Kier molecular flexibility index (Phi) is 6.77. The third kappa shape index (κ3) is 4.46. The Morgan fingerprint density at radius 3 is 2.45 bits per heavy atom. The summed E-state index contributed by atoms with van der Waals surface area (Å²) in [6, 6.07) is 11.3. The number of ether oxygens (including phenoxy) is 1. The van der Waals surface area contributed by atoms with Crippen LogP contribution in [0.2, 0.25) is 0 Å². The molecule has 0 aliphatic heterocycles. The topological polar surface area (TPSA) is 74.3 Å². The van der Waals surface area contributed by atoms with E-state index in [4.69, 9.17) is 4.74 Å². The lowest BCUT2D eigenvalue weighted by atomic mass is 10.1. The fourth-order valence-electron chi connectivity index (χ4n) is 4.52. The summed E-state index contributed by atoms with van der Waals surface area (Å²) in [4.78, 5) is 35.2. The number of aromatic nitrogens is 4. The highest BCUT2D eigenvalue weighted by Gasteiger charge is 2.22. The van der Waals surface area contributed by atoms with Gasteiger partial charge in [0.2, 0.25) is 0 Å². The van der Waals surface area contributed by atoms with Crippen LogP contribution in [0.15, 0.2) is 64.6 Å². The van der Waals surface area contributed by atoms with Gasteiger partial charge in [-0.15, -0.1) is 11.3 Å². The van der Waals surface area contributed by atoms with Gasteiger partial charge < -0.3 is 14.2 Å². The number of methoxy groups -OCH3 is 1. The Balaban J connectivity index is 1.74. The third-order valence-electron chi connectivity index (χ3n) is 6.50. The Morgan fingerprint density at radius 1 is 1.08 bits per heavy atom. The molecule has 8 nitrogen and oxygen atoms in total. The molecule has 10 heteroatoms. The van der Waals surface area contributed by atoms with Crippen LogP contribution in [0, 0.1) is 19.7 Å². The number of fused-ring (bicyclic) bond motifs is 1. The van der Waals surface area contributed by atoms with Crippen molar-refractivity contribution in [1.82, 2.24) is 23.6 Å². The average Bonchev–Trinajstić information content (AvgIpc) is 3.47. The predicted molar refractivity (Wildman–Crippen MR) is 149 cm³/mol. The van der Waals surface area contributed by atoms with Crippen LogP contribution in [0.5, 0.6) is 5.75 Å². The minimum Gasteiger partial charge on any atom is -0.495 e. The molecule has 0 unspecified atom stereocenters. The first kappa shape index (κ1) is 25.6. The molecule has 0 aliphatic rings. The van der Waals surface area contributed by atoms with E-state index < -0.39 is 17.1 Å². The summed E-state index contributed by atoms with van der Waals surface area (Å²) in [5, 5.41) is 0.473. The zero-order valence-corrected chi connectivity index (χ0v) is 22.7. The summed E-state index contributed by atoms with van der Waals surface area (Å²) in [5.74, 6) is 0.221. The van der Waals surface area contributed by atoms with Crippen molar-refractivity contribution in [3.63, 3.8) is 0 Å². The lowest BCUT2D eigenvalue weighted by Crippen LogP contribution is -2.40. The highest BCUT2D eigenvalue weighted by atomic mass is 32.1. The molecular formula is C28H28FN5O3S. The van der Waals surface area contributed by atoms with Gasteiger partial charge in [-0.1, -0.05) is 6.07 Å². The molecule has 0 amide bonds. The number of aryl methyl sites for hydroxylation is 2. The second kappa shape index (κ2) is 10.0. The Labute approximate surface area is 222 Å². The van der Waals surface area contributed by atoms with Gasteiger partial charge in [0.25, 0.3) is 5.56 Å². The summed E-state index contributed by atoms with van der Waals surface area (Å²) in [6.07, 6.45) is 3.66. The van der Waals surface area contributed by atoms with Crippen LogP contribution < -0.4 is 16.0 Å². The number of likely N-dealkylation sites (N-methyl/N-ethyl adjacent to an activating group) is 1. The highest BCUT2D eigenvalue weighted by Crippen LogP contribution is 2.39. The minimum atomic E-state index is -0.452. The number of halogens is 1. The van der Waals surface area contributed by atoms with Crippen LogP contribution in [-0.4, -0.2) is 51.3 Å². The van der Waals surface area contributed by atoms with E-state index in [9.17, 15) is 14.0 Å². The molecule has 0 fully saturated rings. The van der Waals surface area contributed by atoms with Crippen LogP contribution >= 0.6 is 11.3 Å². The van der Waals surface area contributed by atoms with Gasteiger partial charge in [-0.25, -0.2) is 18.7 Å². The molecule has 5 aromatic rings. The molecule has 2 aromatic carbocycles. The molecule has 3 heterocycles. The van der Waals surface area contributed by atoms with E-state index in [1.54, 1.807) is 18.0 Å². The van der Waals surface area contributed by atoms with Crippen molar-refractivity contribution in [2.24, 2.45) is 0 Å².